The molecule has 4 heteroatoms. The topological polar surface area (TPSA) is 66.8 Å². The first kappa shape index (κ1) is 24.4. The molecule has 4 nitrogen and oxygen atoms in total. The molecule has 0 aliphatic heterocycles. The van der Waals surface area contributed by atoms with Crippen LogP contribution in [-0.4, -0.2) is 36.0 Å². The third-order valence-corrected chi connectivity index (χ3v) is 3.99. The average molecular weight is 365 g/mol. The van der Waals surface area contributed by atoms with Crippen LogP contribution in [0, 0.1) is 0 Å². The molecule has 0 spiro atoms. The summed E-state index contributed by atoms with van der Waals surface area (Å²) in [6.45, 7) is 8.05. The van der Waals surface area contributed by atoms with E-state index in [4.69, 9.17) is 9.84 Å². The highest BCUT2D eigenvalue weighted by molar-refractivity contribution is 5.66. The van der Waals surface area contributed by atoms with Crippen LogP contribution in [0.2, 0.25) is 0 Å². The number of hydrogen-bond acceptors (Lipinski definition) is 4. The molecule has 0 aliphatic carbocycles. The van der Waals surface area contributed by atoms with E-state index in [1.165, 1.54) is 12.5 Å². The molecular formula is C22H36O4. The smallest absolute Gasteiger partial charge is 0.302 e. The van der Waals surface area contributed by atoms with Crippen molar-refractivity contribution < 1.29 is 19.7 Å². The van der Waals surface area contributed by atoms with Crippen molar-refractivity contribution in [2.45, 2.75) is 66.2 Å². The fourth-order valence-corrected chi connectivity index (χ4v) is 2.44. The first-order valence-electron chi connectivity index (χ1n) is 9.38. The van der Waals surface area contributed by atoms with Crippen molar-refractivity contribution in [3.05, 3.63) is 46.6 Å². The summed E-state index contributed by atoms with van der Waals surface area (Å²) >= 11 is 0. The third kappa shape index (κ3) is 14.7. The highest BCUT2D eigenvalue weighted by Gasteiger charge is 2.02. The molecule has 0 heterocycles. The number of aliphatic hydroxyl groups excluding tert-OH is 2. The van der Waals surface area contributed by atoms with Crippen LogP contribution in [0.15, 0.2) is 46.6 Å². The fraction of sp³-hybridized carbons (Fsp3) is 0.591. The largest absolute Gasteiger partial charge is 0.461 e. The lowest BCUT2D eigenvalue weighted by atomic mass is 10.0. The van der Waals surface area contributed by atoms with E-state index >= 15 is 0 Å². The first-order chi connectivity index (χ1) is 12.4. The number of esters is 1. The van der Waals surface area contributed by atoms with Crippen LogP contribution >= 0.6 is 0 Å². The second-order valence-corrected chi connectivity index (χ2v) is 6.79. The van der Waals surface area contributed by atoms with Crippen molar-refractivity contribution in [3.63, 3.8) is 0 Å². The van der Waals surface area contributed by atoms with Gasteiger partial charge in [-0.3, -0.25) is 4.79 Å². The van der Waals surface area contributed by atoms with Crippen molar-refractivity contribution in [1.29, 1.82) is 0 Å². The highest BCUT2D eigenvalue weighted by Crippen LogP contribution is 2.14. The first-order valence-corrected chi connectivity index (χ1v) is 9.38. The Hall–Kier alpha value is -1.65. The Morgan fingerprint density at radius 1 is 0.808 bits per heavy atom. The van der Waals surface area contributed by atoms with E-state index in [0.717, 1.165) is 55.2 Å². The predicted octanol–water partition coefficient (Wildman–Crippen LogP) is 4.64. The number of carbonyl (C=O) groups is 1. The molecule has 0 aliphatic rings. The molecule has 0 aromatic heterocycles. The standard InChI is InChI=1S/C22H36O4/c1-18(2)8-5-12-22(17-26-20(4)25)13-7-11-21(16-24)10-6-9-19(3)14-15-23/h8,10,13-14,23-24H,5-7,9,11-12,15-17H2,1-4H3/b19-14+,21-10-,22-13-. The summed E-state index contributed by atoms with van der Waals surface area (Å²) < 4.78 is 5.14. The summed E-state index contributed by atoms with van der Waals surface area (Å²) in [4.78, 5) is 11.1. The van der Waals surface area contributed by atoms with Gasteiger partial charge in [0.15, 0.2) is 0 Å². The number of ether oxygens (including phenoxy) is 1. The van der Waals surface area contributed by atoms with Crippen LogP contribution < -0.4 is 0 Å². The highest BCUT2D eigenvalue weighted by atomic mass is 16.5. The molecule has 2 N–H and O–H groups in total. The van der Waals surface area contributed by atoms with Gasteiger partial charge in [-0.2, -0.15) is 0 Å². The molecule has 26 heavy (non-hydrogen) atoms. The number of hydrogen-bond donors (Lipinski definition) is 2. The Bertz CT molecular complexity index is 520. The second kappa shape index (κ2) is 15.6. The Labute approximate surface area is 159 Å². The summed E-state index contributed by atoms with van der Waals surface area (Å²) in [6, 6.07) is 0. The zero-order chi connectivity index (χ0) is 19.8. The van der Waals surface area contributed by atoms with Crippen LogP contribution in [0.3, 0.4) is 0 Å². The molecule has 148 valence electrons. The number of carbonyl (C=O) groups excluding carboxylic acids is 1. The molecule has 0 atom stereocenters. The van der Waals surface area contributed by atoms with E-state index in [9.17, 15) is 9.90 Å². The van der Waals surface area contributed by atoms with E-state index < -0.39 is 0 Å². The van der Waals surface area contributed by atoms with Crippen LogP contribution in [0.1, 0.15) is 66.2 Å². The molecule has 0 saturated heterocycles. The van der Waals surface area contributed by atoms with Crippen LogP contribution in [0.4, 0.5) is 0 Å². The third-order valence-electron chi connectivity index (χ3n) is 3.99. The molecule has 0 saturated carbocycles. The van der Waals surface area contributed by atoms with Crippen molar-refractivity contribution >= 4 is 5.97 Å². The maximum absolute atomic E-state index is 11.1. The van der Waals surface area contributed by atoms with E-state index in [-0.39, 0.29) is 19.2 Å². The maximum Gasteiger partial charge on any atom is 0.302 e. The molecule has 0 aromatic rings. The zero-order valence-electron chi connectivity index (χ0n) is 16.9. The molecular weight excluding hydrogens is 328 g/mol. The average Bonchev–Trinajstić information content (AvgIpc) is 2.57. The molecule has 0 fully saturated rings. The number of rotatable bonds is 13. The summed E-state index contributed by atoms with van der Waals surface area (Å²) in [5.74, 6) is -0.264. The lowest BCUT2D eigenvalue weighted by Gasteiger charge is -2.08. The molecule has 0 amide bonds. The lowest BCUT2D eigenvalue weighted by molar-refractivity contribution is -0.140. The van der Waals surface area contributed by atoms with Crippen molar-refractivity contribution in [2.75, 3.05) is 19.8 Å². The normalized spacial score (nSPS) is 12.9. The Balaban J connectivity index is 4.59. The van der Waals surface area contributed by atoms with Crippen molar-refractivity contribution in [2.24, 2.45) is 0 Å². The van der Waals surface area contributed by atoms with Gasteiger partial charge in [0, 0.05) is 6.92 Å². The van der Waals surface area contributed by atoms with Gasteiger partial charge in [-0.25, -0.2) is 0 Å². The van der Waals surface area contributed by atoms with Gasteiger partial charge in [0.25, 0.3) is 0 Å². The molecule has 0 unspecified atom stereocenters. The Kier molecular flexibility index (Phi) is 14.6. The summed E-state index contributed by atoms with van der Waals surface area (Å²) in [6.07, 6.45) is 13.4. The van der Waals surface area contributed by atoms with Gasteiger partial charge in [0.1, 0.15) is 6.61 Å². The van der Waals surface area contributed by atoms with Crippen LogP contribution in [-0.2, 0) is 9.53 Å². The predicted molar refractivity (Wildman–Crippen MR) is 108 cm³/mol. The summed E-state index contributed by atoms with van der Waals surface area (Å²) in [5.41, 5.74) is 4.59. The SMILES string of the molecule is CC(=O)OC/C(=C\CC/C(=C/CC/C(C)=C/CO)CO)CCC=C(C)C. The van der Waals surface area contributed by atoms with Crippen LogP contribution in [0.5, 0.6) is 0 Å². The van der Waals surface area contributed by atoms with E-state index in [0.29, 0.717) is 6.61 Å². The van der Waals surface area contributed by atoms with Gasteiger partial charge in [-0.1, -0.05) is 35.5 Å². The van der Waals surface area contributed by atoms with E-state index in [1.54, 1.807) is 0 Å². The number of aliphatic hydroxyl groups is 2. The van der Waals surface area contributed by atoms with Gasteiger partial charge in [0.05, 0.1) is 13.2 Å². The Morgan fingerprint density at radius 2 is 1.38 bits per heavy atom. The summed E-state index contributed by atoms with van der Waals surface area (Å²) in [5, 5.41) is 18.4. The number of allylic oxidation sites excluding steroid dienone is 5. The van der Waals surface area contributed by atoms with Gasteiger partial charge in [0.2, 0.25) is 0 Å². The lowest BCUT2D eigenvalue weighted by Crippen LogP contribution is -2.03. The van der Waals surface area contributed by atoms with Gasteiger partial charge < -0.3 is 14.9 Å². The van der Waals surface area contributed by atoms with E-state index in [1.807, 2.05) is 13.0 Å². The monoisotopic (exact) mass is 364 g/mol. The van der Waals surface area contributed by atoms with Gasteiger partial charge in [-0.05, 0) is 70.4 Å². The van der Waals surface area contributed by atoms with Gasteiger partial charge in [-0.15, -0.1) is 0 Å². The minimum Gasteiger partial charge on any atom is -0.461 e. The minimum atomic E-state index is -0.264. The van der Waals surface area contributed by atoms with Crippen molar-refractivity contribution in [1.82, 2.24) is 0 Å². The fourth-order valence-electron chi connectivity index (χ4n) is 2.44. The van der Waals surface area contributed by atoms with Gasteiger partial charge >= 0.3 is 5.97 Å². The summed E-state index contributed by atoms with van der Waals surface area (Å²) in [7, 11) is 0. The zero-order valence-corrected chi connectivity index (χ0v) is 16.9. The maximum atomic E-state index is 11.1. The second-order valence-electron chi connectivity index (χ2n) is 6.79. The van der Waals surface area contributed by atoms with E-state index in [2.05, 4.69) is 32.1 Å². The molecule has 0 aromatic carbocycles. The quantitative estimate of drug-likeness (QED) is 0.369. The van der Waals surface area contributed by atoms with Crippen LogP contribution in [0.25, 0.3) is 0 Å². The Morgan fingerprint density at radius 3 is 1.96 bits per heavy atom. The minimum absolute atomic E-state index is 0.0631. The molecule has 0 radical (unpaired) electrons. The molecule has 0 bridgehead atoms. The molecule has 0 rings (SSSR count). The van der Waals surface area contributed by atoms with Crippen molar-refractivity contribution in [3.8, 4) is 0 Å².